The van der Waals surface area contributed by atoms with Gasteiger partial charge in [0.25, 0.3) is 0 Å². The van der Waals surface area contributed by atoms with Crippen LogP contribution in [0.4, 0.5) is 0 Å². The quantitative estimate of drug-likeness (QED) is 0.817. The maximum atomic E-state index is 9.09. The number of rotatable bonds is 2. The molecule has 0 unspecified atom stereocenters. The van der Waals surface area contributed by atoms with Gasteiger partial charge in [-0.15, -0.1) is 0 Å². The Kier molecular flexibility index (Phi) is 3.50. The van der Waals surface area contributed by atoms with E-state index >= 15 is 0 Å². The number of aromatic nitrogens is 1. The molecule has 0 aliphatic heterocycles. The van der Waals surface area contributed by atoms with Crippen LogP contribution in [0.15, 0.2) is 30.5 Å². The van der Waals surface area contributed by atoms with E-state index in [1.54, 1.807) is 24.4 Å². The number of halogens is 1. The molecule has 0 atom stereocenters. The van der Waals surface area contributed by atoms with Gasteiger partial charge in [0, 0.05) is 6.20 Å². The van der Waals surface area contributed by atoms with E-state index in [2.05, 4.69) is 11.1 Å². The summed E-state index contributed by atoms with van der Waals surface area (Å²) in [6.45, 7) is 3.78. The molecule has 0 saturated heterocycles. The van der Waals surface area contributed by atoms with Crippen molar-refractivity contribution in [1.82, 2.24) is 4.98 Å². The standard InChI is InChI=1S/C14H11ClN2O/c1-9-3-4-13(12(15)7-9)18-14-11(8-16)10(2)5-6-17-14/h3-7H,1-2H3. The molecule has 0 spiro atoms. The summed E-state index contributed by atoms with van der Waals surface area (Å²) in [7, 11) is 0. The monoisotopic (exact) mass is 258 g/mol. The summed E-state index contributed by atoms with van der Waals surface area (Å²) in [6.07, 6.45) is 1.60. The molecule has 0 fully saturated rings. The van der Waals surface area contributed by atoms with E-state index < -0.39 is 0 Å². The molecule has 1 aromatic heterocycles. The van der Waals surface area contributed by atoms with E-state index in [4.69, 9.17) is 21.6 Å². The van der Waals surface area contributed by atoms with Crippen molar-refractivity contribution < 1.29 is 4.74 Å². The average molecular weight is 259 g/mol. The van der Waals surface area contributed by atoms with Gasteiger partial charge in [-0.05, 0) is 43.2 Å². The molecule has 0 saturated carbocycles. The lowest BCUT2D eigenvalue weighted by molar-refractivity contribution is 0.461. The van der Waals surface area contributed by atoms with Crippen molar-refractivity contribution in [2.45, 2.75) is 13.8 Å². The van der Waals surface area contributed by atoms with Crippen molar-refractivity contribution in [3.05, 3.63) is 52.2 Å². The van der Waals surface area contributed by atoms with Gasteiger partial charge in [-0.2, -0.15) is 5.26 Å². The molecule has 4 heteroatoms. The number of ether oxygens (including phenoxy) is 1. The van der Waals surface area contributed by atoms with Crippen LogP contribution in [-0.4, -0.2) is 4.98 Å². The van der Waals surface area contributed by atoms with Gasteiger partial charge in [0.1, 0.15) is 17.4 Å². The summed E-state index contributed by atoms with van der Waals surface area (Å²) < 4.78 is 5.60. The minimum absolute atomic E-state index is 0.281. The van der Waals surface area contributed by atoms with Gasteiger partial charge in [0.15, 0.2) is 0 Å². The molecule has 2 aromatic rings. The summed E-state index contributed by atoms with van der Waals surface area (Å²) in [4.78, 5) is 4.07. The lowest BCUT2D eigenvalue weighted by Crippen LogP contribution is -1.94. The molecule has 1 aromatic carbocycles. The van der Waals surface area contributed by atoms with Crippen molar-refractivity contribution in [1.29, 1.82) is 5.26 Å². The minimum Gasteiger partial charge on any atom is -0.436 e. The lowest BCUT2D eigenvalue weighted by atomic mass is 10.2. The predicted molar refractivity (Wildman–Crippen MR) is 70.0 cm³/mol. The fourth-order valence-electron chi connectivity index (χ4n) is 1.54. The largest absolute Gasteiger partial charge is 0.436 e. The van der Waals surface area contributed by atoms with Crippen molar-refractivity contribution in [3.8, 4) is 17.7 Å². The predicted octanol–water partition coefficient (Wildman–Crippen LogP) is 4.02. The summed E-state index contributed by atoms with van der Waals surface area (Å²) in [5.41, 5.74) is 2.30. The van der Waals surface area contributed by atoms with Crippen LogP contribution in [0, 0.1) is 25.2 Å². The fraction of sp³-hybridized carbons (Fsp3) is 0.143. The number of hydrogen-bond donors (Lipinski definition) is 0. The smallest absolute Gasteiger partial charge is 0.237 e. The van der Waals surface area contributed by atoms with E-state index in [1.807, 2.05) is 19.9 Å². The number of aryl methyl sites for hydroxylation is 2. The molecule has 0 bridgehead atoms. The number of hydrogen-bond acceptors (Lipinski definition) is 3. The number of benzene rings is 1. The molecule has 1 heterocycles. The van der Waals surface area contributed by atoms with Crippen molar-refractivity contribution in [2.75, 3.05) is 0 Å². The Labute approximate surface area is 111 Å². The topological polar surface area (TPSA) is 45.9 Å². The maximum Gasteiger partial charge on any atom is 0.237 e. The first-order chi connectivity index (χ1) is 8.61. The van der Waals surface area contributed by atoms with Gasteiger partial charge in [-0.3, -0.25) is 0 Å². The van der Waals surface area contributed by atoms with E-state index in [0.29, 0.717) is 16.3 Å². The molecule has 90 valence electrons. The Hall–Kier alpha value is -2.05. The second-order valence-corrected chi connectivity index (χ2v) is 4.36. The third-order valence-corrected chi connectivity index (χ3v) is 2.83. The van der Waals surface area contributed by atoms with Crippen LogP contribution in [0.3, 0.4) is 0 Å². The van der Waals surface area contributed by atoms with Crippen molar-refractivity contribution in [2.24, 2.45) is 0 Å². The number of pyridine rings is 1. The van der Waals surface area contributed by atoms with E-state index in [-0.39, 0.29) is 5.88 Å². The van der Waals surface area contributed by atoms with Crippen molar-refractivity contribution >= 4 is 11.6 Å². The third kappa shape index (κ3) is 2.44. The van der Waals surface area contributed by atoms with E-state index in [9.17, 15) is 0 Å². The molecule has 0 N–H and O–H groups in total. The van der Waals surface area contributed by atoms with Gasteiger partial charge >= 0.3 is 0 Å². The number of nitriles is 1. The van der Waals surface area contributed by atoms with Gasteiger partial charge < -0.3 is 4.74 Å². The molecule has 18 heavy (non-hydrogen) atoms. The molecular weight excluding hydrogens is 248 g/mol. The summed E-state index contributed by atoms with van der Waals surface area (Å²) in [5.74, 6) is 0.778. The molecule has 0 aliphatic carbocycles. The average Bonchev–Trinajstić information content (AvgIpc) is 2.33. The highest BCUT2D eigenvalue weighted by atomic mass is 35.5. The van der Waals surface area contributed by atoms with E-state index in [0.717, 1.165) is 11.1 Å². The highest BCUT2D eigenvalue weighted by Crippen LogP contribution is 2.31. The zero-order chi connectivity index (χ0) is 13.1. The van der Waals surface area contributed by atoms with Crippen LogP contribution >= 0.6 is 11.6 Å². The zero-order valence-electron chi connectivity index (χ0n) is 10.1. The molecule has 0 aliphatic rings. The Morgan fingerprint density at radius 1 is 1.28 bits per heavy atom. The second-order valence-electron chi connectivity index (χ2n) is 3.96. The van der Waals surface area contributed by atoms with Crippen LogP contribution in [0.25, 0.3) is 0 Å². The lowest BCUT2D eigenvalue weighted by Gasteiger charge is -2.09. The zero-order valence-corrected chi connectivity index (χ0v) is 10.8. The maximum absolute atomic E-state index is 9.09. The Morgan fingerprint density at radius 3 is 2.72 bits per heavy atom. The number of nitrogens with zero attached hydrogens (tertiary/aromatic N) is 2. The first-order valence-electron chi connectivity index (χ1n) is 5.41. The SMILES string of the molecule is Cc1ccc(Oc2nccc(C)c2C#N)c(Cl)c1. The highest BCUT2D eigenvalue weighted by Gasteiger charge is 2.10. The van der Waals surface area contributed by atoms with Crippen LogP contribution in [0.5, 0.6) is 11.6 Å². The fourth-order valence-corrected chi connectivity index (χ4v) is 1.81. The van der Waals surface area contributed by atoms with Gasteiger partial charge in [0.2, 0.25) is 5.88 Å². The molecular formula is C14H11ClN2O. The van der Waals surface area contributed by atoms with Crippen LogP contribution in [0.2, 0.25) is 5.02 Å². The minimum atomic E-state index is 0.281. The Morgan fingerprint density at radius 2 is 2.06 bits per heavy atom. The normalized spacial score (nSPS) is 9.89. The first-order valence-corrected chi connectivity index (χ1v) is 5.79. The van der Waals surface area contributed by atoms with Crippen LogP contribution in [-0.2, 0) is 0 Å². The van der Waals surface area contributed by atoms with Crippen LogP contribution in [0.1, 0.15) is 16.7 Å². The summed E-state index contributed by atoms with van der Waals surface area (Å²) >= 11 is 6.08. The summed E-state index contributed by atoms with van der Waals surface area (Å²) in [5, 5.41) is 9.59. The summed E-state index contributed by atoms with van der Waals surface area (Å²) in [6, 6.07) is 9.31. The van der Waals surface area contributed by atoms with E-state index in [1.165, 1.54) is 0 Å². The second kappa shape index (κ2) is 5.07. The Balaban J connectivity index is 2.41. The van der Waals surface area contributed by atoms with Gasteiger partial charge in [-0.1, -0.05) is 17.7 Å². The highest BCUT2D eigenvalue weighted by molar-refractivity contribution is 6.32. The molecule has 0 radical (unpaired) electrons. The van der Waals surface area contributed by atoms with Gasteiger partial charge in [0.05, 0.1) is 5.02 Å². The third-order valence-electron chi connectivity index (χ3n) is 2.53. The molecule has 3 nitrogen and oxygen atoms in total. The van der Waals surface area contributed by atoms with Crippen LogP contribution < -0.4 is 4.74 Å². The molecule has 2 rings (SSSR count). The first kappa shape index (κ1) is 12.4. The van der Waals surface area contributed by atoms with Crippen molar-refractivity contribution in [3.63, 3.8) is 0 Å². The molecule has 0 amide bonds. The van der Waals surface area contributed by atoms with Gasteiger partial charge in [-0.25, -0.2) is 4.98 Å². The Bertz CT molecular complexity index is 632.